The van der Waals surface area contributed by atoms with Crippen LogP contribution in [0.4, 0.5) is 19.0 Å². The van der Waals surface area contributed by atoms with Crippen LogP contribution in [0, 0.1) is 5.92 Å². The van der Waals surface area contributed by atoms with Gasteiger partial charge >= 0.3 is 12.1 Å². The molecule has 2 rings (SSSR count). The van der Waals surface area contributed by atoms with Crippen LogP contribution < -0.4 is 4.90 Å². The van der Waals surface area contributed by atoms with E-state index in [0.717, 1.165) is 0 Å². The molecule has 7 heteroatoms. The maximum atomic E-state index is 12.8. The summed E-state index contributed by atoms with van der Waals surface area (Å²) in [4.78, 5) is 16.2. The lowest BCUT2D eigenvalue weighted by atomic mass is 10.0. The van der Waals surface area contributed by atoms with Crippen LogP contribution in [-0.2, 0) is 0 Å². The molecule has 1 saturated heterocycles. The standard InChI is InChI=1S/C12H13F3N2O2/c1-7-8(12(13,14)15)5-6-17(7)10-4-2-3-9(16-10)11(18)19/h2-4,7-8H,5-6H2,1H3,(H,18,19). The van der Waals surface area contributed by atoms with Crippen molar-refractivity contribution >= 4 is 11.8 Å². The number of carboxylic acid groups (broad SMARTS) is 1. The van der Waals surface area contributed by atoms with E-state index in [1.54, 1.807) is 0 Å². The van der Waals surface area contributed by atoms with Crippen molar-refractivity contribution in [2.75, 3.05) is 11.4 Å². The number of carbonyl (C=O) groups is 1. The summed E-state index contributed by atoms with van der Waals surface area (Å²) in [6, 6.07) is 3.59. The van der Waals surface area contributed by atoms with Crippen LogP contribution in [-0.4, -0.2) is 34.8 Å². The van der Waals surface area contributed by atoms with Crippen molar-refractivity contribution < 1.29 is 23.1 Å². The van der Waals surface area contributed by atoms with Crippen molar-refractivity contribution in [3.05, 3.63) is 23.9 Å². The first-order valence-corrected chi connectivity index (χ1v) is 5.84. The first-order chi connectivity index (χ1) is 8.80. The van der Waals surface area contributed by atoms with E-state index in [1.807, 2.05) is 0 Å². The van der Waals surface area contributed by atoms with Gasteiger partial charge in [0.25, 0.3) is 0 Å². The number of rotatable bonds is 2. The van der Waals surface area contributed by atoms with Crippen LogP contribution in [0.25, 0.3) is 0 Å². The fraction of sp³-hybridized carbons (Fsp3) is 0.500. The van der Waals surface area contributed by atoms with Crippen molar-refractivity contribution in [3.8, 4) is 0 Å². The minimum atomic E-state index is -4.24. The molecule has 0 aromatic carbocycles. The summed E-state index contributed by atoms with van der Waals surface area (Å²) < 4.78 is 38.3. The second-order valence-corrected chi connectivity index (χ2v) is 4.56. The Hall–Kier alpha value is -1.79. The summed E-state index contributed by atoms with van der Waals surface area (Å²) in [5, 5.41) is 8.84. The normalized spacial score (nSPS) is 23.7. The Balaban J connectivity index is 2.24. The zero-order valence-electron chi connectivity index (χ0n) is 10.2. The molecule has 2 unspecified atom stereocenters. The van der Waals surface area contributed by atoms with Crippen molar-refractivity contribution in [1.29, 1.82) is 0 Å². The van der Waals surface area contributed by atoms with E-state index in [4.69, 9.17) is 5.11 Å². The third-order valence-electron chi connectivity index (χ3n) is 3.42. The van der Waals surface area contributed by atoms with Gasteiger partial charge in [0, 0.05) is 12.6 Å². The highest BCUT2D eigenvalue weighted by Crippen LogP contribution is 2.39. The van der Waals surface area contributed by atoms with E-state index in [1.165, 1.54) is 30.0 Å². The Morgan fingerprint density at radius 2 is 2.16 bits per heavy atom. The largest absolute Gasteiger partial charge is 0.477 e. The molecular formula is C12H13F3N2O2. The first-order valence-electron chi connectivity index (χ1n) is 5.84. The second-order valence-electron chi connectivity index (χ2n) is 4.56. The minimum Gasteiger partial charge on any atom is -0.477 e. The monoisotopic (exact) mass is 274 g/mol. The van der Waals surface area contributed by atoms with Crippen molar-refractivity contribution in [1.82, 2.24) is 4.98 Å². The smallest absolute Gasteiger partial charge is 0.393 e. The van der Waals surface area contributed by atoms with Gasteiger partial charge in [0.1, 0.15) is 5.82 Å². The predicted octanol–water partition coefficient (Wildman–Crippen LogP) is 2.56. The fourth-order valence-electron chi connectivity index (χ4n) is 2.40. The summed E-state index contributed by atoms with van der Waals surface area (Å²) in [6.45, 7) is 1.71. The van der Waals surface area contributed by atoms with Gasteiger partial charge in [0.05, 0.1) is 5.92 Å². The van der Waals surface area contributed by atoms with Crippen LogP contribution in [0.3, 0.4) is 0 Å². The maximum absolute atomic E-state index is 12.8. The van der Waals surface area contributed by atoms with E-state index in [9.17, 15) is 18.0 Å². The third kappa shape index (κ3) is 2.64. The summed E-state index contributed by atoms with van der Waals surface area (Å²) in [7, 11) is 0. The Labute approximate surface area is 107 Å². The van der Waals surface area contributed by atoms with E-state index >= 15 is 0 Å². The number of nitrogens with zero attached hydrogens (tertiary/aromatic N) is 2. The van der Waals surface area contributed by atoms with Gasteiger partial charge < -0.3 is 10.0 Å². The van der Waals surface area contributed by atoms with Gasteiger partial charge in [0.15, 0.2) is 5.69 Å². The Morgan fingerprint density at radius 1 is 1.47 bits per heavy atom. The zero-order chi connectivity index (χ0) is 14.2. The number of halogens is 3. The minimum absolute atomic E-state index is 0.00362. The summed E-state index contributed by atoms with van der Waals surface area (Å²) in [5.74, 6) is -2.32. The summed E-state index contributed by atoms with van der Waals surface area (Å²) >= 11 is 0. The van der Waals surface area contributed by atoms with Crippen molar-refractivity contribution in [2.24, 2.45) is 5.92 Å². The number of anilines is 1. The SMILES string of the molecule is CC1C(C(F)(F)F)CCN1c1cccc(C(=O)O)n1. The van der Waals surface area contributed by atoms with Gasteiger partial charge in [-0.25, -0.2) is 9.78 Å². The molecule has 104 valence electrons. The molecule has 1 aliphatic heterocycles. The molecule has 2 heterocycles. The molecular weight excluding hydrogens is 261 g/mol. The number of hydrogen-bond acceptors (Lipinski definition) is 3. The molecule has 0 radical (unpaired) electrons. The molecule has 1 aliphatic rings. The number of alkyl halides is 3. The molecule has 1 fully saturated rings. The highest BCUT2D eigenvalue weighted by Gasteiger charge is 2.48. The average Bonchev–Trinajstić information content (AvgIpc) is 2.71. The molecule has 1 N–H and O–H groups in total. The van der Waals surface area contributed by atoms with Crippen LogP contribution in [0.15, 0.2) is 18.2 Å². The van der Waals surface area contributed by atoms with Gasteiger partial charge in [0.2, 0.25) is 0 Å². The Bertz CT molecular complexity index is 490. The summed E-state index contributed by atoms with van der Waals surface area (Å²) in [6.07, 6.45) is -4.23. The first kappa shape index (κ1) is 13.6. The molecule has 2 atom stereocenters. The van der Waals surface area contributed by atoms with Gasteiger partial charge in [-0.15, -0.1) is 0 Å². The molecule has 1 aromatic rings. The highest BCUT2D eigenvalue weighted by atomic mass is 19.4. The van der Waals surface area contributed by atoms with Gasteiger partial charge in [-0.05, 0) is 25.5 Å². The maximum Gasteiger partial charge on any atom is 0.393 e. The number of hydrogen-bond donors (Lipinski definition) is 1. The lowest BCUT2D eigenvalue weighted by Gasteiger charge is -2.26. The van der Waals surface area contributed by atoms with Crippen LogP contribution >= 0.6 is 0 Å². The van der Waals surface area contributed by atoms with Gasteiger partial charge in [-0.1, -0.05) is 6.07 Å². The Kier molecular flexibility index (Phi) is 3.38. The van der Waals surface area contributed by atoms with Crippen LogP contribution in [0.2, 0.25) is 0 Å². The van der Waals surface area contributed by atoms with E-state index in [2.05, 4.69) is 4.98 Å². The molecule has 0 bridgehead atoms. The lowest BCUT2D eigenvalue weighted by Crippen LogP contribution is -2.36. The number of aromatic carboxylic acids is 1. The fourth-order valence-corrected chi connectivity index (χ4v) is 2.40. The van der Waals surface area contributed by atoms with E-state index < -0.39 is 24.1 Å². The molecule has 1 aromatic heterocycles. The van der Waals surface area contributed by atoms with Gasteiger partial charge in [-0.2, -0.15) is 13.2 Å². The molecule has 0 spiro atoms. The van der Waals surface area contributed by atoms with Crippen LogP contribution in [0.1, 0.15) is 23.8 Å². The van der Waals surface area contributed by atoms with E-state index in [-0.39, 0.29) is 24.5 Å². The quantitative estimate of drug-likeness (QED) is 0.900. The van der Waals surface area contributed by atoms with Crippen molar-refractivity contribution in [2.45, 2.75) is 25.6 Å². The number of aromatic nitrogens is 1. The molecule has 0 amide bonds. The Morgan fingerprint density at radius 3 is 2.68 bits per heavy atom. The molecule has 0 saturated carbocycles. The topological polar surface area (TPSA) is 53.4 Å². The predicted molar refractivity (Wildman–Crippen MR) is 62.2 cm³/mol. The average molecular weight is 274 g/mol. The second kappa shape index (κ2) is 4.71. The molecule has 0 aliphatic carbocycles. The number of carboxylic acids is 1. The van der Waals surface area contributed by atoms with Crippen molar-refractivity contribution in [3.63, 3.8) is 0 Å². The molecule has 19 heavy (non-hydrogen) atoms. The van der Waals surface area contributed by atoms with Crippen LogP contribution in [0.5, 0.6) is 0 Å². The highest BCUT2D eigenvalue weighted by molar-refractivity contribution is 5.85. The molecule has 4 nitrogen and oxygen atoms in total. The number of pyridine rings is 1. The zero-order valence-corrected chi connectivity index (χ0v) is 10.2. The summed E-state index contributed by atoms with van der Waals surface area (Å²) in [5.41, 5.74) is -0.167. The van der Waals surface area contributed by atoms with Gasteiger partial charge in [-0.3, -0.25) is 0 Å². The lowest BCUT2D eigenvalue weighted by molar-refractivity contribution is -0.174. The van der Waals surface area contributed by atoms with E-state index in [0.29, 0.717) is 0 Å². The third-order valence-corrected chi connectivity index (χ3v) is 3.42.